The summed E-state index contributed by atoms with van der Waals surface area (Å²) in [5.74, 6) is 0.116. The van der Waals surface area contributed by atoms with Crippen LogP contribution in [-0.2, 0) is 4.79 Å². The predicted octanol–water partition coefficient (Wildman–Crippen LogP) is 3.33. The zero-order chi connectivity index (χ0) is 17.2. The van der Waals surface area contributed by atoms with E-state index < -0.39 is 10.3 Å². The Morgan fingerprint density at radius 2 is 1.91 bits per heavy atom. The summed E-state index contributed by atoms with van der Waals surface area (Å²) >= 11 is 5.87. The summed E-state index contributed by atoms with van der Waals surface area (Å²) in [6.45, 7) is 8.21. The van der Waals surface area contributed by atoms with Crippen molar-refractivity contribution in [2.75, 3.05) is 31.1 Å². The second-order valence-electron chi connectivity index (χ2n) is 6.77. The van der Waals surface area contributed by atoms with Crippen molar-refractivity contribution in [3.63, 3.8) is 0 Å². The van der Waals surface area contributed by atoms with E-state index in [-0.39, 0.29) is 11.6 Å². The number of hydrogen-bond acceptors (Lipinski definition) is 4. The number of hydrogen-bond donors (Lipinski definition) is 0. The highest BCUT2D eigenvalue weighted by Crippen LogP contribution is 2.32. The average Bonchev–Trinajstić information content (AvgIpc) is 2.71. The van der Waals surface area contributed by atoms with Crippen molar-refractivity contribution in [1.29, 1.82) is 0 Å². The third-order valence-electron chi connectivity index (χ3n) is 3.90. The molecule has 0 N–H and O–H groups in total. The molecule has 1 fully saturated rings. The number of amides is 1. The molecule has 1 heterocycles. The molecular formula is C16H22ClN3O3. The molecule has 0 unspecified atom stereocenters. The van der Waals surface area contributed by atoms with Gasteiger partial charge in [0.2, 0.25) is 5.91 Å². The summed E-state index contributed by atoms with van der Waals surface area (Å²) in [5.41, 5.74) is 0.152. The minimum atomic E-state index is -0.415. The van der Waals surface area contributed by atoms with Crippen LogP contribution in [0.3, 0.4) is 0 Å². The second-order valence-corrected chi connectivity index (χ2v) is 7.21. The second kappa shape index (κ2) is 6.74. The quantitative estimate of drug-likeness (QED) is 0.612. The zero-order valence-corrected chi connectivity index (χ0v) is 14.5. The monoisotopic (exact) mass is 339 g/mol. The van der Waals surface area contributed by atoms with Crippen molar-refractivity contribution in [3.05, 3.63) is 33.3 Å². The Morgan fingerprint density at radius 1 is 1.22 bits per heavy atom. The van der Waals surface area contributed by atoms with Crippen LogP contribution in [0.2, 0.25) is 5.02 Å². The molecule has 0 radical (unpaired) electrons. The molecule has 0 aliphatic carbocycles. The van der Waals surface area contributed by atoms with Crippen LogP contribution in [0, 0.1) is 15.5 Å². The first-order chi connectivity index (χ1) is 10.7. The van der Waals surface area contributed by atoms with Gasteiger partial charge in [-0.2, -0.15) is 0 Å². The molecule has 126 valence electrons. The molecule has 6 nitrogen and oxygen atoms in total. The average molecular weight is 340 g/mol. The van der Waals surface area contributed by atoms with Crippen LogP contribution in [0.1, 0.15) is 27.2 Å². The van der Waals surface area contributed by atoms with Crippen LogP contribution < -0.4 is 4.90 Å². The fourth-order valence-corrected chi connectivity index (χ4v) is 2.91. The van der Waals surface area contributed by atoms with Gasteiger partial charge in [-0.1, -0.05) is 32.4 Å². The largest absolute Gasteiger partial charge is 0.364 e. The maximum atomic E-state index is 12.4. The van der Waals surface area contributed by atoms with Crippen LogP contribution >= 0.6 is 11.6 Å². The molecule has 2 rings (SSSR count). The first-order valence-corrected chi connectivity index (χ1v) is 8.06. The molecule has 1 aliphatic rings. The lowest BCUT2D eigenvalue weighted by Gasteiger charge is -2.28. The Balaban J connectivity index is 2.18. The number of nitro benzene ring substituents is 1. The van der Waals surface area contributed by atoms with Gasteiger partial charge < -0.3 is 9.80 Å². The number of benzene rings is 1. The summed E-state index contributed by atoms with van der Waals surface area (Å²) in [5, 5.41) is 11.6. The Bertz CT molecular complexity index is 613. The normalized spacial score (nSPS) is 16.2. The van der Waals surface area contributed by atoms with E-state index in [9.17, 15) is 14.9 Å². The van der Waals surface area contributed by atoms with Crippen LogP contribution in [0.25, 0.3) is 0 Å². The molecule has 23 heavy (non-hydrogen) atoms. The lowest BCUT2D eigenvalue weighted by atomic mass is 9.94. The first-order valence-electron chi connectivity index (χ1n) is 7.68. The summed E-state index contributed by atoms with van der Waals surface area (Å²) in [6, 6.07) is 4.72. The van der Waals surface area contributed by atoms with Gasteiger partial charge in [-0.3, -0.25) is 14.9 Å². The van der Waals surface area contributed by atoms with Crippen LogP contribution in [0.15, 0.2) is 18.2 Å². The number of nitrogens with zero attached hydrogens (tertiary/aromatic N) is 3. The van der Waals surface area contributed by atoms with E-state index in [4.69, 9.17) is 11.6 Å². The molecule has 1 aromatic carbocycles. The van der Waals surface area contributed by atoms with Crippen molar-refractivity contribution in [2.45, 2.75) is 27.2 Å². The molecule has 1 aromatic rings. The van der Waals surface area contributed by atoms with Gasteiger partial charge >= 0.3 is 0 Å². The van der Waals surface area contributed by atoms with Crippen molar-refractivity contribution in [2.24, 2.45) is 5.41 Å². The van der Waals surface area contributed by atoms with E-state index in [0.29, 0.717) is 36.9 Å². The van der Waals surface area contributed by atoms with Gasteiger partial charge in [0.15, 0.2) is 0 Å². The highest BCUT2D eigenvalue weighted by Gasteiger charge is 2.29. The minimum absolute atomic E-state index is 0.00750. The van der Waals surface area contributed by atoms with Gasteiger partial charge in [0, 0.05) is 42.7 Å². The van der Waals surface area contributed by atoms with Gasteiger partial charge in [-0.25, -0.2) is 0 Å². The molecule has 0 aromatic heterocycles. The predicted molar refractivity (Wildman–Crippen MR) is 91.0 cm³/mol. The van der Waals surface area contributed by atoms with Gasteiger partial charge in [0.25, 0.3) is 5.69 Å². The third-order valence-corrected chi connectivity index (χ3v) is 4.13. The van der Waals surface area contributed by atoms with E-state index >= 15 is 0 Å². The fourth-order valence-electron chi connectivity index (χ4n) is 2.75. The Kier molecular flexibility index (Phi) is 5.14. The summed E-state index contributed by atoms with van der Waals surface area (Å²) < 4.78 is 0. The summed E-state index contributed by atoms with van der Waals surface area (Å²) in [6.07, 6.45) is 0.779. The third kappa shape index (κ3) is 4.13. The number of nitro groups is 1. The van der Waals surface area contributed by atoms with Crippen LogP contribution in [0.4, 0.5) is 11.4 Å². The number of rotatable bonds is 2. The highest BCUT2D eigenvalue weighted by atomic mass is 35.5. The summed E-state index contributed by atoms with van der Waals surface area (Å²) in [4.78, 5) is 27.1. The molecule has 0 atom stereocenters. The molecule has 0 saturated carbocycles. The number of anilines is 1. The lowest BCUT2D eigenvalue weighted by molar-refractivity contribution is -0.384. The summed E-state index contributed by atoms with van der Waals surface area (Å²) in [7, 11) is 0. The fraction of sp³-hybridized carbons (Fsp3) is 0.562. The molecule has 7 heteroatoms. The Hall–Kier alpha value is -1.82. The minimum Gasteiger partial charge on any atom is -0.364 e. The molecular weight excluding hydrogens is 318 g/mol. The molecule has 1 amide bonds. The van der Waals surface area contributed by atoms with Gasteiger partial charge in [0.1, 0.15) is 5.69 Å². The van der Waals surface area contributed by atoms with E-state index in [2.05, 4.69) is 0 Å². The van der Waals surface area contributed by atoms with E-state index in [0.717, 1.165) is 6.42 Å². The van der Waals surface area contributed by atoms with Gasteiger partial charge in [-0.15, -0.1) is 0 Å². The topological polar surface area (TPSA) is 66.7 Å². The molecule has 1 saturated heterocycles. The van der Waals surface area contributed by atoms with Crippen molar-refractivity contribution < 1.29 is 9.72 Å². The van der Waals surface area contributed by atoms with E-state index in [1.807, 2.05) is 30.6 Å². The maximum Gasteiger partial charge on any atom is 0.294 e. The zero-order valence-electron chi connectivity index (χ0n) is 13.7. The van der Waals surface area contributed by atoms with Crippen molar-refractivity contribution in [1.82, 2.24) is 4.90 Å². The maximum absolute atomic E-state index is 12.4. The number of carbonyl (C=O) groups is 1. The van der Waals surface area contributed by atoms with Crippen LogP contribution in [-0.4, -0.2) is 41.9 Å². The lowest BCUT2D eigenvalue weighted by Crippen LogP contribution is -2.41. The van der Waals surface area contributed by atoms with E-state index in [1.54, 1.807) is 12.1 Å². The SMILES string of the molecule is CC(C)(C)C(=O)N1CCCN(c2ccc(Cl)cc2[N+](=O)[O-])CC1. The molecule has 1 aliphatic heterocycles. The number of halogens is 1. The van der Waals surface area contributed by atoms with Crippen molar-refractivity contribution >= 4 is 28.9 Å². The standard InChI is InChI=1S/C16H22ClN3O3/c1-16(2,3)15(21)19-8-4-7-18(9-10-19)13-6-5-12(17)11-14(13)20(22)23/h5-6,11H,4,7-10H2,1-3H3. The number of carbonyl (C=O) groups excluding carboxylic acids is 1. The molecule has 0 spiro atoms. The van der Waals surface area contributed by atoms with Gasteiger partial charge in [-0.05, 0) is 18.6 Å². The van der Waals surface area contributed by atoms with Crippen LogP contribution in [0.5, 0.6) is 0 Å². The Labute approximate surface area is 141 Å². The first kappa shape index (κ1) is 17.5. The van der Waals surface area contributed by atoms with Crippen molar-refractivity contribution in [3.8, 4) is 0 Å². The van der Waals surface area contributed by atoms with Gasteiger partial charge in [0.05, 0.1) is 4.92 Å². The Morgan fingerprint density at radius 3 is 2.52 bits per heavy atom. The highest BCUT2D eigenvalue weighted by molar-refractivity contribution is 6.30. The van der Waals surface area contributed by atoms with E-state index in [1.165, 1.54) is 6.07 Å². The smallest absolute Gasteiger partial charge is 0.294 e. The molecule has 0 bridgehead atoms.